The van der Waals surface area contributed by atoms with E-state index in [9.17, 15) is 8.60 Å². The van der Waals surface area contributed by atoms with Crippen LogP contribution in [0.4, 0.5) is 4.39 Å². The van der Waals surface area contributed by atoms with Crippen molar-refractivity contribution in [3.05, 3.63) is 35.1 Å². The number of hydrogen-bond donors (Lipinski definition) is 0. The Bertz CT molecular complexity index is 435. The van der Waals surface area contributed by atoms with Crippen LogP contribution < -0.4 is 0 Å². The van der Waals surface area contributed by atoms with Gasteiger partial charge in [-0.1, -0.05) is 12.1 Å². The topological polar surface area (TPSA) is 29.4 Å². The SMILES string of the molecule is Cc1ccc(/C=N/[S@@](=O)C(C)(C)C)c(F)c1. The van der Waals surface area contributed by atoms with E-state index in [0.717, 1.165) is 5.56 Å². The van der Waals surface area contributed by atoms with Crippen molar-refractivity contribution in [1.29, 1.82) is 0 Å². The second-order valence-corrected chi connectivity index (χ2v) is 6.55. The van der Waals surface area contributed by atoms with E-state index in [4.69, 9.17) is 0 Å². The van der Waals surface area contributed by atoms with Crippen LogP contribution in [0.25, 0.3) is 0 Å². The van der Waals surface area contributed by atoms with E-state index in [1.807, 2.05) is 27.7 Å². The lowest BCUT2D eigenvalue weighted by atomic mass is 10.1. The number of hydrogen-bond acceptors (Lipinski definition) is 1. The fraction of sp³-hybridized carbons (Fsp3) is 0.417. The van der Waals surface area contributed by atoms with Crippen LogP contribution >= 0.6 is 0 Å². The molecule has 88 valence electrons. The summed E-state index contributed by atoms with van der Waals surface area (Å²) >= 11 is 0. The summed E-state index contributed by atoms with van der Waals surface area (Å²) in [4.78, 5) is 0. The van der Waals surface area contributed by atoms with Crippen LogP contribution in [0.5, 0.6) is 0 Å². The molecule has 0 heterocycles. The minimum absolute atomic E-state index is 0.338. The first-order chi connectivity index (χ1) is 7.30. The molecule has 0 aromatic heterocycles. The summed E-state index contributed by atoms with van der Waals surface area (Å²) in [5.74, 6) is -0.338. The van der Waals surface area contributed by atoms with Gasteiger partial charge in [0.2, 0.25) is 0 Å². The van der Waals surface area contributed by atoms with E-state index in [1.165, 1.54) is 12.3 Å². The van der Waals surface area contributed by atoms with Crippen molar-refractivity contribution in [2.24, 2.45) is 4.40 Å². The molecular formula is C12H16FNOS. The van der Waals surface area contributed by atoms with Gasteiger partial charge in [-0.25, -0.2) is 8.60 Å². The first-order valence-electron chi connectivity index (χ1n) is 5.03. The lowest BCUT2D eigenvalue weighted by Gasteiger charge is -2.12. The fourth-order valence-corrected chi connectivity index (χ4v) is 1.53. The van der Waals surface area contributed by atoms with Crippen LogP contribution in [0.3, 0.4) is 0 Å². The highest BCUT2D eigenvalue weighted by Crippen LogP contribution is 2.13. The zero-order valence-corrected chi connectivity index (χ0v) is 10.8. The molecule has 0 amide bonds. The summed E-state index contributed by atoms with van der Waals surface area (Å²) in [7, 11) is -1.35. The Hall–Kier alpha value is -1.03. The summed E-state index contributed by atoms with van der Waals surface area (Å²) < 4.78 is 28.5. The van der Waals surface area contributed by atoms with Gasteiger partial charge >= 0.3 is 0 Å². The number of aryl methyl sites for hydroxylation is 1. The molecule has 0 N–H and O–H groups in total. The minimum atomic E-state index is -1.35. The number of rotatable bonds is 2. The molecule has 1 aromatic carbocycles. The molecule has 0 aliphatic carbocycles. The molecule has 4 heteroatoms. The third kappa shape index (κ3) is 3.52. The quantitative estimate of drug-likeness (QED) is 0.732. The van der Waals surface area contributed by atoms with Crippen LogP contribution in [0.2, 0.25) is 0 Å². The van der Waals surface area contributed by atoms with Crippen molar-refractivity contribution in [3.63, 3.8) is 0 Å². The normalized spacial score (nSPS) is 14.3. The van der Waals surface area contributed by atoms with Crippen molar-refractivity contribution in [1.82, 2.24) is 0 Å². The maximum atomic E-state index is 13.4. The smallest absolute Gasteiger partial charge is 0.144 e. The molecule has 0 saturated carbocycles. The van der Waals surface area contributed by atoms with E-state index in [0.29, 0.717) is 5.56 Å². The summed E-state index contributed by atoms with van der Waals surface area (Å²) in [6.45, 7) is 7.29. The maximum Gasteiger partial charge on any atom is 0.144 e. The lowest BCUT2D eigenvalue weighted by molar-refractivity contribution is 0.624. The third-order valence-electron chi connectivity index (χ3n) is 1.97. The van der Waals surface area contributed by atoms with Crippen molar-refractivity contribution in [2.45, 2.75) is 32.4 Å². The second-order valence-electron chi connectivity index (χ2n) is 4.62. The number of benzene rings is 1. The largest absolute Gasteiger partial charge is 0.234 e. The number of halogens is 1. The van der Waals surface area contributed by atoms with Crippen LogP contribution in [0.15, 0.2) is 22.6 Å². The first kappa shape index (κ1) is 13.0. The van der Waals surface area contributed by atoms with Crippen LogP contribution in [0.1, 0.15) is 31.9 Å². The Labute approximate surface area is 98.2 Å². The van der Waals surface area contributed by atoms with Gasteiger partial charge in [0.05, 0.1) is 4.75 Å². The highest BCUT2D eigenvalue weighted by atomic mass is 32.2. The zero-order valence-electron chi connectivity index (χ0n) is 9.95. The van der Waals surface area contributed by atoms with Crippen molar-refractivity contribution < 1.29 is 8.60 Å². The van der Waals surface area contributed by atoms with Gasteiger partial charge in [-0.05, 0) is 39.3 Å². The van der Waals surface area contributed by atoms with Crippen LogP contribution in [-0.4, -0.2) is 15.2 Å². The van der Waals surface area contributed by atoms with Gasteiger partial charge in [-0.3, -0.25) is 0 Å². The molecule has 1 atom stereocenters. The maximum absolute atomic E-state index is 13.4. The van der Waals surface area contributed by atoms with Crippen molar-refractivity contribution >= 4 is 17.2 Å². The molecule has 0 saturated heterocycles. The Morgan fingerprint density at radius 3 is 2.50 bits per heavy atom. The Morgan fingerprint density at radius 1 is 1.38 bits per heavy atom. The van der Waals surface area contributed by atoms with Gasteiger partial charge in [0, 0.05) is 11.8 Å². The van der Waals surface area contributed by atoms with Crippen molar-refractivity contribution in [2.75, 3.05) is 0 Å². The van der Waals surface area contributed by atoms with Crippen LogP contribution in [-0.2, 0) is 11.0 Å². The summed E-state index contributed by atoms with van der Waals surface area (Å²) in [6, 6.07) is 4.86. The molecule has 0 bridgehead atoms. The van der Waals surface area contributed by atoms with Crippen molar-refractivity contribution in [3.8, 4) is 0 Å². The monoisotopic (exact) mass is 241 g/mol. The standard InChI is InChI=1S/C12H16FNOS/c1-9-5-6-10(11(13)7-9)8-14-16(15)12(2,3)4/h5-8H,1-4H3/b14-8+/t16-/m0/s1. The molecule has 0 radical (unpaired) electrons. The van der Waals surface area contributed by atoms with Gasteiger partial charge < -0.3 is 0 Å². The zero-order chi connectivity index (χ0) is 12.3. The van der Waals surface area contributed by atoms with E-state index in [2.05, 4.69) is 4.40 Å². The molecule has 0 fully saturated rings. The van der Waals surface area contributed by atoms with Gasteiger partial charge in [0.15, 0.2) is 0 Å². The highest BCUT2D eigenvalue weighted by molar-refractivity contribution is 7.85. The molecule has 0 aliphatic heterocycles. The summed E-state index contributed by atoms with van der Waals surface area (Å²) in [5, 5.41) is 0. The van der Waals surface area contributed by atoms with Gasteiger partial charge in [-0.15, -0.1) is 0 Å². The fourth-order valence-electron chi connectivity index (χ4n) is 1.000. The second kappa shape index (κ2) is 4.87. The predicted molar refractivity (Wildman–Crippen MR) is 66.6 cm³/mol. The van der Waals surface area contributed by atoms with E-state index in [-0.39, 0.29) is 5.82 Å². The molecule has 1 rings (SSSR count). The molecular weight excluding hydrogens is 225 g/mol. The van der Waals surface area contributed by atoms with E-state index in [1.54, 1.807) is 12.1 Å². The molecule has 0 spiro atoms. The molecule has 1 aromatic rings. The van der Waals surface area contributed by atoms with Gasteiger partial charge in [-0.2, -0.15) is 4.40 Å². The highest BCUT2D eigenvalue weighted by Gasteiger charge is 2.18. The van der Waals surface area contributed by atoms with Crippen LogP contribution in [0, 0.1) is 12.7 Å². The summed E-state index contributed by atoms with van der Waals surface area (Å²) in [6.07, 6.45) is 1.33. The predicted octanol–water partition coefficient (Wildman–Crippen LogP) is 3.02. The first-order valence-corrected chi connectivity index (χ1v) is 6.13. The average Bonchev–Trinajstić information content (AvgIpc) is 2.14. The van der Waals surface area contributed by atoms with Gasteiger partial charge in [0.25, 0.3) is 0 Å². The summed E-state index contributed by atoms with van der Waals surface area (Å²) in [5.41, 5.74) is 1.22. The third-order valence-corrected chi connectivity index (χ3v) is 3.31. The minimum Gasteiger partial charge on any atom is -0.234 e. The lowest BCUT2D eigenvalue weighted by Crippen LogP contribution is -2.19. The molecule has 0 aliphatic rings. The average molecular weight is 241 g/mol. The van der Waals surface area contributed by atoms with E-state index < -0.39 is 15.7 Å². The Morgan fingerprint density at radius 2 is 2.00 bits per heavy atom. The Kier molecular flexibility index (Phi) is 3.97. The molecule has 16 heavy (non-hydrogen) atoms. The van der Waals surface area contributed by atoms with E-state index >= 15 is 0 Å². The Balaban J connectivity index is 2.89. The number of nitrogens with zero attached hydrogens (tertiary/aromatic N) is 1. The molecule has 0 unspecified atom stereocenters. The molecule has 2 nitrogen and oxygen atoms in total. The van der Waals surface area contributed by atoms with Gasteiger partial charge in [0.1, 0.15) is 16.8 Å².